The number of carbonyl (C=O) groups is 1. The van der Waals surface area contributed by atoms with Gasteiger partial charge in [0.2, 0.25) is 5.82 Å². The van der Waals surface area contributed by atoms with Crippen LogP contribution in [0.3, 0.4) is 0 Å². The molecule has 0 fully saturated rings. The van der Waals surface area contributed by atoms with Crippen molar-refractivity contribution < 1.29 is 15.0 Å². The van der Waals surface area contributed by atoms with Gasteiger partial charge < -0.3 is 20.5 Å². The van der Waals surface area contributed by atoms with E-state index in [0.29, 0.717) is 17.9 Å². The van der Waals surface area contributed by atoms with Crippen molar-refractivity contribution in [2.75, 3.05) is 0 Å². The Morgan fingerprint density at radius 2 is 2.05 bits per heavy atom. The molecule has 7 heteroatoms. The summed E-state index contributed by atoms with van der Waals surface area (Å²) < 4.78 is 1.62. The number of rotatable bonds is 1. The monoisotopic (exact) mass is 274 g/mol. The Morgan fingerprint density at radius 1 is 1.25 bits per heavy atom. The van der Waals surface area contributed by atoms with Crippen LogP contribution in [-0.2, 0) is 13.0 Å². The van der Waals surface area contributed by atoms with E-state index < -0.39 is 5.91 Å². The molecule has 0 radical (unpaired) electrons. The molecule has 0 bridgehead atoms. The highest BCUT2D eigenvalue weighted by Crippen LogP contribution is 2.37. The average molecular weight is 274 g/mol. The van der Waals surface area contributed by atoms with Gasteiger partial charge in [0, 0.05) is 12.6 Å². The van der Waals surface area contributed by atoms with Crippen molar-refractivity contribution in [3.05, 3.63) is 23.5 Å². The van der Waals surface area contributed by atoms with E-state index in [2.05, 4.69) is 10.2 Å². The number of aromatic hydroxyl groups is 2. The van der Waals surface area contributed by atoms with Crippen LogP contribution in [0.2, 0.25) is 0 Å². The quantitative estimate of drug-likeness (QED) is 0.711. The first kappa shape index (κ1) is 12.5. The lowest BCUT2D eigenvalue weighted by atomic mass is 9.98. The number of primary amides is 1. The molecule has 1 aromatic carbocycles. The molecule has 104 valence electrons. The smallest absolute Gasteiger partial charge is 0.286 e. The lowest BCUT2D eigenvalue weighted by Gasteiger charge is -2.17. The second-order valence-corrected chi connectivity index (χ2v) is 4.82. The van der Waals surface area contributed by atoms with Gasteiger partial charge in [0.25, 0.3) is 5.91 Å². The van der Waals surface area contributed by atoms with Gasteiger partial charge in [-0.15, -0.1) is 10.2 Å². The second-order valence-electron chi connectivity index (χ2n) is 4.82. The molecule has 0 aliphatic carbocycles. The third-order valence-electron chi connectivity index (χ3n) is 3.46. The summed E-state index contributed by atoms with van der Waals surface area (Å²) in [4.78, 5) is 11.4. The van der Waals surface area contributed by atoms with Crippen molar-refractivity contribution >= 4 is 5.91 Å². The lowest BCUT2D eigenvalue weighted by molar-refractivity contribution is 0.0985. The van der Waals surface area contributed by atoms with E-state index >= 15 is 0 Å². The molecule has 1 aliphatic heterocycles. The van der Waals surface area contributed by atoms with Crippen LogP contribution in [-0.4, -0.2) is 30.9 Å². The van der Waals surface area contributed by atoms with Crippen LogP contribution in [0.25, 0.3) is 11.4 Å². The fourth-order valence-electron chi connectivity index (χ4n) is 2.59. The first-order chi connectivity index (χ1) is 9.58. The maximum Gasteiger partial charge on any atom is 0.286 e. The van der Waals surface area contributed by atoms with Crippen LogP contribution in [0, 0.1) is 0 Å². The summed E-state index contributed by atoms with van der Waals surface area (Å²) in [6, 6.07) is 2.85. The molecule has 1 aromatic heterocycles. The summed E-state index contributed by atoms with van der Waals surface area (Å²) in [6.45, 7) is 0.570. The third-order valence-corrected chi connectivity index (χ3v) is 3.46. The maximum atomic E-state index is 11.4. The van der Waals surface area contributed by atoms with Crippen molar-refractivity contribution in [3.63, 3.8) is 0 Å². The average Bonchev–Trinajstić information content (AvgIpc) is 2.74. The van der Waals surface area contributed by atoms with Crippen molar-refractivity contribution in [2.24, 2.45) is 5.73 Å². The van der Waals surface area contributed by atoms with Crippen LogP contribution < -0.4 is 5.73 Å². The molecule has 20 heavy (non-hydrogen) atoms. The van der Waals surface area contributed by atoms with E-state index in [-0.39, 0.29) is 17.3 Å². The number of aromatic nitrogens is 3. The number of nitrogens with zero attached hydrogens (tertiary/aromatic N) is 3. The Morgan fingerprint density at radius 3 is 2.80 bits per heavy atom. The van der Waals surface area contributed by atoms with E-state index in [9.17, 15) is 15.0 Å². The Hall–Kier alpha value is -2.57. The van der Waals surface area contributed by atoms with Crippen molar-refractivity contribution in [2.45, 2.75) is 25.8 Å². The zero-order chi connectivity index (χ0) is 14.3. The Balaban J connectivity index is 2.28. The largest absolute Gasteiger partial charge is 0.508 e. The number of hydrogen-bond donors (Lipinski definition) is 3. The molecule has 0 saturated heterocycles. The molecule has 0 unspecified atom stereocenters. The molecule has 2 aromatic rings. The summed E-state index contributed by atoms with van der Waals surface area (Å²) in [5, 5.41) is 27.5. The van der Waals surface area contributed by atoms with Gasteiger partial charge in [-0.3, -0.25) is 4.79 Å². The summed E-state index contributed by atoms with van der Waals surface area (Å²) in [5.41, 5.74) is 6.58. The van der Waals surface area contributed by atoms with E-state index in [4.69, 9.17) is 5.73 Å². The van der Waals surface area contributed by atoms with Gasteiger partial charge in [0.1, 0.15) is 11.5 Å². The van der Waals surface area contributed by atoms with Crippen LogP contribution >= 0.6 is 0 Å². The number of aryl methyl sites for hydroxylation is 1. The zero-order valence-corrected chi connectivity index (χ0v) is 10.7. The third kappa shape index (κ3) is 1.87. The molecule has 1 aliphatic rings. The predicted molar refractivity (Wildman–Crippen MR) is 70.2 cm³/mol. The summed E-state index contributed by atoms with van der Waals surface area (Å²) in [6.07, 6.45) is 2.42. The van der Waals surface area contributed by atoms with Crippen LogP contribution in [0.5, 0.6) is 11.5 Å². The summed E-state index contributed by atoms with van der Waals surface area (Å²) in [5.74, 6) is -0.231. The van der Waals surface area contributed by atoms with Crippen molar-refractivity contribution in [3.8, 4) is 22.9 Å². The molecule has 2 heterocycles. The fraction of sp³-hybridized carbons (Fsp3) is 0.308. The van der Waals surface area contributed by atoms with Gasteiger partial charge in [-0.25, -0.2) is 0 Å². The number of phenols is 2. The highest BCUT2D eigenvalue weighted by molar-refractivity contribution is 5.90. The number of amides is 1. The van der Waals surface area contributed by atoms with E-state index in [1.54, 1.807) is 10.6 Å². The Labute approximate surface area is 114 Å². The van der Waals surface area contributed by atoms with Crippen LogP contribution in [0.15, 0.2) is 12.1 Å². The summed E-state index contributed by atoms with van der Waals surface area (Å²) in [7, 11) is 0. The van der Waals surface area contributed by atoms with Gasteiger partial charge in [-0.1, -0.05) is 0 Å². The van der Waals surface area contributed by atoms with Crippen molar-refractivity contribution in [1.29, 1.82) is 0 Å². The van der Waals surface area contributed by atoms with Crippen molar-refractivity contribution in [1.82, 2.24) is 14.8 Å². The first-order valence-electron chi connectivity index (χ1n) is 6.36. The molecule has 1 amide bonds. The topological polar surface area (TPSA) is 114 Å². The van der Waals surface area contributed by atoms with Gasteiger partial charge in [0.15, 0.2) is 5.82 Å². The minimum atomic E-state index is -0.649. The number of hydrogen-bond acceptors (Lipinski definition) is 5. The maximum absolute atomic E-state index is 11.4. The normalized spacial score (nSPS) is 14.0. The van der Waals surface area contributed by atoms with E-state index in [1.807, 2.05) is 0 Å². The minimum Gasteiger partial charge on any atom is -0.508 e. The SMILES string of the molecule is NC(=O)c1nnc2n1CCCCc1cc(O)cc(O)c1-2. The zero-order valence-electron chi connectivity index (χ0n) is 10.7. The van der Waals surface area contributed by atoms with E-state index in [0.717, 1.165) is 24.8 Å². The first-order valence-corrected chi connectivity index (χ1v) is 6.36. The summed E-state index contributed by atoms with van der Waals surface area (Å²) >= 11 is 0. The van der Waals surface area contributed by atoms with Gasteiger partial charge >= 0.3 is 0 Å². The second kappa shape index (κ2) is 4.52. The van der Waals surface area contributed by atoms with Crippen LogP contribution in [0.1, 0.15) is 29.0 Å². The number of carbonyl (C=O) groups excluding carboxylic acids is 1. The highest BCUT2D eigenvalue weighted by atomic mass is 16.3. The Bertz CT molecular complexity index is 693. The van der Waals surface area contributed by atoms with Crippen LogP contribution in [0.4, 0.5) is 0 Å². The molecule has 3 rings (SSSR count). The molecular formula is C13H14N4O3. The molecule has 0 atom stereocenters. The standard InChI is InChI=1S/C13H14N4O3/c14-11(20)13-16-15-12-10-7(3-1-2-4-17(12)13)5-8(18)6-9(10)19/h5-6,18-19H,1-4H2,(H2,14,20). The highest BCUT2D eigenvalue weighted by Gasteiger charge is 2.24. The fourth-order valence-corrected chi connectivity index (χ4v) is 2.59. The minimum absolute atomic E-state index is 0.00279. The van der Waals surface area contributed by atoms with Gasteiger partial charge in [-0.2, -0.15) is 0 Å². The molecule has 0 spiro atoms. The molecular weight excluding hydrogens is 260 g/mol. The number of nitrogens with two attached hydrogens (primary N) is 1. The number of phenolic OH excluding ortho intramolecular Hbond substituents is 2. The Kier molecular flexibility index (Phi) is 2.81. The number of benzene rings is 1. The molecule has 4 N–H and O–H groups in total. The van der Waals surface area contributed by atoms with E-state index in [1.165, 1.54) is 6.07 Å². The van der Waals surface area contributed by atoms with Gasteiger partial charge in [0.05, 0.1) is 5.56 Å². The van der Waals surface area contributed by atoms with Gasteiger partial charge in [-0.05, 0) is 30.9 Å². The number of fused-ring (bicyclic) bond motifs is 3. The predicted octanol–water partition coefficient (Wildman–Crippen LogP) is 0.791. The lowest BCUT2D eigenvalue weighted by Crippen LogP contribution is -2.19. The molecule has 7 nitrogen and oxygen atoms in total. The molecule has 0 saturated carbocycles.